The number of ether oxygens (including phenoxy) is 2. The molecule has 0 amide bonds. The number of aliphatic imine (C=N–C) groups is 1. The Morgan fingerprint density at radius 2 is 1.42 bits per heavy atom. The molecule has 0 aromatic heterocycles. The molecule has 4 nitrogen and oxygen atoms in total. The molecule has 1 aromatic rings. The topological polar surface area (TPSA) is 54.7 Å². The van der Waals surface area contributed by atoms with Crippen LogP contribution in [0.1, 0.15) is 27.7 Å². The first-order valence-electron chi connectivity index (χ1n) is 7.43. The second-order valence-corrected chi connectivity index (χ2v) is 7.69. The smallest absolute Gasteiger partial charge is 0.468 e. The van der Waals surface area contributed by atoms with Gasteiger partial charge in [-0.05, 0) is 39.8 Å². The fourth-order valence-electron chi connectivity index (χ4n) is 1.30. The molecule has 0 radical (unpaired) electrons. The van der Waals surface area contributed by atoms with Crippen LogP contribution >= 0.6 is 34.8 Å². The van der Waals surface area contributed by atoms with Crippen LogP contribution < -0.4 is 0 Å². The third-order valence-corrected chi connectivity index (χ3v) is 2.70. The second kappa shape index (κ2) is 10.8. The number of hydrogen-bond donors (Lipinski definition) is 1. The lowest BCUT2D eigenvalue weighted by Gasteiger charge is -2.15. The van der Waals surface area contributed by atoms with Gasteiger partial charge in [0.05, 0.1) is 17.9 Å². The quantitative estimate of drug-likeness (QED) is 0.336. The minimum atomic E-state index is -4.57. The first kappa shape index (κ1) is 24.8. The number of benzene rings is 1. The lowest BCUT2D eigenvalue weighted by Crippen LogP contribution is -2.28. The summed E-state index contributed by atoms with van der Waals surface area (Å²) in [6.07, 6.45) is -5.27. The fourth-order valence-corrected chi connectivity index (χ4v) is 1.44. The minimum absolute atomic E-state index is 0.136. The van der Waals surface area contributed by atoms with Gasteiger partial charge in [0, 0.05) is 0 Å². The molecule has 0 aliphatic rings. The van der Waals surface area contributed by atoms with Gasteiger partial charge in [-0.25, -0.2) is 4.99 Å². The molecule has 0 unspecified atom stereocenters. The second-order valence-electron chi connectivity index (χ2n) is 5.41. The number of rotatable bonds is 3. The van der Waals surface area contributed by atoms with Gasteiger partial charge in [0.1, 0.15) is 0 Å². The van der Waals surface area contributed by atoms with Crippen LogP contribution in [0.4, 0.5) is 18.9 Å². The van der Waals surface area contributed by atoms with Gasteiger partial charge in [-0.1, -0.05) is 53.0 Å². The lowest BCUT2D eigenvalue weighted by atomic mass is 10.3. The van der Waals surface area contributed by atoms with Gasteiger partial charge in [-0.2, -0.15) is 13.2 Å². The fraction of sp³-hybridized carbons (Fsp3) is 0.500. The number of halogens is 6. The Balaban J connectivity index is 0.000000541. The Labute approximate surface area is 165 Å². The molecular weight excluding hydrogens is 416 g/mol. The molecule has 26 heavy (non-hydrogen) atoms. The van der Waals surface area contributed by atoms with Crippen LogP contribution in [0.5, 0.6) is 0 Å². The summed E-state index contributed by atoms with van der Waals surface area (Å²) < 4.78 is 45.2. The highest BCUT2D eigenvalue weighted by atomic mass is 35.6. The summed E-state index contributed by atoms with van der Waals surface area (Å²) in [7, 11) is 0. The third kappa shape index (κ3) is 11.4. The van der Waals surface area contributed by atoms with E-state index in [0.29, 0.717) is 0 Å². The van der Waals surface area contributed by atoms with E-state index < -0.39 is 22.0 Å². The third-order valence-electron chi connectivity index (χ3n) is 2.19. The van der Waals surface area contributed by atoms with E-state index >= 15 is 0 Å². The lowest BCUT2D eigenvalue weighted by molar-refractivity contribution is -0.0816. The summed E-state index contributed by atoms with van der Waals surface area (Å²) in [6, 6.07) is 7.89. The molecule has 0 saturated heterocycles. The van der Waals surface area contributed by atoms with Gasteiger partial charge < -0.3 is 9.47 Å². The Bertz CT molecular complexity index is 587. The van der Waals surface area contributed by atoms with E-state index in [4.69, 9.17) is 44.9 Å². The van der Waals surface area contributed by atoms with E-state index in [2.05, 4.69) is 9.73 Å². The van der Waals surface area contributed by atoms with Gasteiger partial charge in [0.25, 0.3) is 9.69 Å². The van der Waals surface area contributed by atoms with Crippen molar-refractivity contribution in [3.8, 4) is 0 Å². The molecule has 0 saturated carbocycles. The van der Waals surface area contributed by atoms with Crippen molar-refractivity contribution in [1.29, 1.82) is 5.41 Å². The van der Waals surface area contributed by atoms with Crippen LogP contribution in [0.15, 0.2) is 35.3 Å². The number of nitrogens with one attached hydrogen (secondary N) is 1. The van der Waals surface area contributed by atoms with Crippen molar-refractivity contribution < 1.29 is 22.6 Å². The van der Waals surface area contributed by atoms with Crippen molar-refractivity contribution >= 4 is 52.3 Å². The Morgan fingerprint density at radius 1 is 0.962 bits per heavy atom. The molecule has 0 atom stereocenters. The summed E-state index contributed by atoms with van der Waals surface area (Å²) in [5.74, 6) is -1.55. The average Bonchev–Trinajstić information content (AvgIpc) is 2.45. The Hall–Kier alpha value is -1.18. The number of nitrogens with zero attached hydrogens (tertiary/aromatic N) is 1. The van der Waals surface area contributed by atoms with Crippen molar-refractivity contribution in [1.82, 2.24) is 0 Å². The summed E-state index contributed by atoms with van der Waals surface area (Å²) in [6.45, 7) is 6.55. The van der Waals surface area contributed by atoms with E-state index in [9.17, 15) is 13.2 Å². The standard InChI is InChI=1S/C11H12F3NO.C5H8Cl3NO/c1-8(2)16-10(11(12,13)14)15-9-6-4-3-5-7-9;1-3(2)10-4(9)5(6,7)8/h3-8H,1-2H3;3,9H,1-2H3. The summed E-state index contributed by atoms with van der Waals surface area (Å²) in [4.78, 5) is 3.44. The predicted molar refractivity (Wildman–Crippen MR) is 100 cm³/mol. The molecule has 0 aliphatic heterocycles. The maximum absolute atomic E-state index is 12.5. The number of para-hydroxylation sites is 1. The highest BCUT2D eigenvalue weighted by molar-refractivity contribution is 6.76. The maximum atomic E-state index is 12.5. The maximum Gasteiger partial charge on any atom is 0.468 e. The zero-order valence-corrected chi connectivity index (χ0v) is 16.8. The van der Waals surface area contributed by atoms with Crippen molar-refractivity contribution in [3.05, 3.63) is 30.3 Å². The van der Waals surface area contributed by atoms with Gasteiger partial charge in [0.15, 0.2) is 0 Å². The number of hydrogen-bond acceptors (Lipinski definition) is 4. The molecule has 10 heteroatoms. The number of alkyl halides is 6. The van der Waals surface area contributed by atoms with Crippen LogP contribution in [-0.4, -0.2) is 34.0 Å². The highest BCUT2D eigenvalue weighted by Gasteiger charge is 2.38. The largest absolute Gasteiger partial charge is 0.475 e. The van der Waals surface area contributed by atoms with E-state index in [1.807, 2.05) is 0 Å². The van der Waals surface area contributed by atoms with Crippen molar-refractivity contribution in [2.75, 3.05) is 0 Å². The van der Waals surface area contributed by atoms with Crippen molar-refractivity contribution in [2.45, 2.75) is 49.9 Å². The molecule has 1 rings (SSSR count). The molecule has 0 fully saturated rings. The van der Waals surface area contributed by atoms with Crippen LogP contribution in [-0.2, 0) is 9.47 Å². The molecule has 148 valence electrons. The average molecular weight is 436 g/mol. The molecule has 0 aliphatic carbocycles. The minimum Gasteiger partial charge on any atom is -0.475 e. The molecule has 0 spiro atoms. The van der Waals surface area contributed by atoms with Gasteiger partial charge in [-0.3, -0.25) is 5.41 Å². The molecule has 1 N–H and O–H groups in total. The Kier molecular flexibility index (Phi) is 10.4. The molecular formula is C16H20Cl3F3N2O2. The highest BCUT2D eigenvalue weighted by Crippen LogP contribution is 2.28. The molecule has 0 heterocycles. The first-order chi connectivity index (χ1) is 11.7. The van der Waals surface area contributed by atoms with Crippen molar-refractivity contribution in [2.24, 2.45) is 4.99 Å². The van der Waals surface area contributed by atoms with Gasteiger partial charge >= 0.3 is 6.18 Å². The molecule has 0 bridgehead atoms. The van der Waals surface area contributed by atoms with Crippen molar-refractivity contribution in [3.63, 3.8) is 0 Å². The van der Waals surface area contributed by atoms with E-state index in [1.165, 1.54) is 26.0 Å². The van der Waals surface area contributed by atoms with Crippen LogP contribution in [0.2, 0.25) is 0 Å². The summed E-state index contributed by atoms with van der Waals surface area (Å²) in [5, 5.41) is 7.05. The van der Waals surface area contributed by atoms with E-state index in [-0.39, 0.29) is 17.7 Å². The van der Waals surface area contributed by atoms with Crippen LogP contribution in [0, 0.1) is 5.41 Å². The van der Waals surface area contributed by atoms with Gasteiger partial charge in [0.2, 0.25) is 5.90 Å². The first-order valence-corrected chi connectivity index (χ1v) is 8.56. The zero-order chi connectivity index (χ0) is 20.5. The zero-order valence-electron chi connectivity index (χ0n) is 14.6. The monoisotopic (exact) mass is 434 g/mol. The predicted octanol–water partition coefficient (Wildman–Crippen LogP) is 6.46. The van der Waals surface area contributed by atoms with Crippen LogP contribution in [0.3, 0.4) is 0 Å². The normalized spacial score (nSPS) is 12.5. The summed E-state index contributed by atoms with van der Waals surface area (Å²) >= 11 is 15.9. The van der Waals surface area contributed by atoms with E-state index in [1.54, 1.807) is 32.0 Å². The Morgan fingerprint density at radius 3 is 1.73 bits per heavy atom. The van der Waals surface area contributed by atoms with E-state index in [0.717, 1.165) is 0 Å². The van der Waals surface area contributed by atoms with Gasteiger partial charge in [-0.15, -0.1) is 0 Å². The molecule has 1 aromatic carbocycles. The van der Waals surface area contributed by atoms with Crippen LogP contribution in [0.25, 0.3) is 0 Å². The summed E-state index contributed by atoms with van der Waals surface area (Å²) in [5.41, 5.74) is 0.218. The SMILES string of the molecule is CC(C)OC(=N)C(Cl)(Cl)Cl.CC(C)OC(=Nc1ccccc1)C(F)(F)F.